The molecule has 2 saturated heterocycles. The average Bonchev–Trinajstić information content (AvgIpc) is 2.84. The Morgan fingerprint density at radius 2 is 2.00 bits per heavy atom. The van der Waals surface area contributed by atoms with Gasteiger partial charge in [0.25, 0.3) is 0 Å². The maximum atomic E-state index is 5.84. The summed E-state index contributed by atoms with van der Waals surface area (Å²) >= 11 is 0. The van der Waals surface area contributed by atoms with Crippen LogP contribution in [-0.2, 0) is 4.74 Å². The first-order valence-electron chi connectivity index (χ1n) is 4.98. The SMILES string of the molecule is C1CC1C1CNC2(CNC2)OC1. The molecule has 2 aliphatic heterocycles. The minimum Gasteiger partial charge on any atom is -0.358 e. The Morgan fingerprint density at radius 3 is 2.42 bits per heavy atom. The van der Waals surface area contributed by atoms with Crippen LogP contribution in [0.5, 0.6) is 0 Å². The highest BCUT2D eigenvalue weighted by atomic mass is 16.5. The summed E-state index contributed by atoms with van der Waals surface area (Å²) in [4.78, 5) is 0. The molecule has 0 radical (unpaired) electrons. The molecule has 1 saturated carbocycles. The molecule has 1 spiro atoms. The molecule has 3 aliphatic rings. The first-order valence-corrected chi connectivity index (χ1v) is 4.98. The Labute approximate surface area is 72.9 Å². The molecule has 3 rings (SSSR count). The van der Waals surface area contributed by atoms with E-state index in [4.69, 9.17) is 4.74 Å². The second-order valence-corrected chi connectivity index (χ2v) is 4.39. The van der Waals surface area contributed by atoms with E-state index < -0.39 is 0 Å². The predicted octanol–water partition coefficient (Wildman–Crippen LogP) is -0.0681. The number of nitrogens with one attached hydrogen (secondary N) is 2. The molecule has 12 heavy (non-hydrogen) atoms. The van der Waals surface area contributed by atoms with Crippen molar-refractivity contribution in [2.24, 2.45) is 11.8 Å². The van der Waals surface area contributed by atoms with Gasteiger partial charge in [0.05, 0.1) is 6.61 Å². The van der Waals surface area contributed by atoms with Crippen LogP contribution < -0.4 is 10.6 Å². The lowest BCUT2D eigenvalue weighted by molar-refractivity contribution is -0.146. The van der Waals surface area contributed by atoms with Crippen molar-refractivity contribution in [3.8, 4) is 0 Å². The van der Waals surface area contributed by atoms with E-state index in [2.05, 4.69) is 10.6 Å². The Balaban J connectivity index is 1.57. The zero-order valence-electron chi connectivity index (χ0n) is 7.31. The summed E-state index contributed by atoms with van der Waals surface area (Å²) in [6.45, 7) is 4.14. The van der Waals surface area contributed by atoms with E-state index in [-0.39, 0.29) is 5.72 Å². The van der Waals surface area contributed by atoms with Crippen molar-refractivity contribution < 1.29 is 4.74 Å². The molecule has 1 unspecified atom stereocenters. The molecule has 0 aromatic carbocycles. The lowest BCUT2D eigenvalue weighted by atomic mass is 9.98. The first-order chi connectivity index (χ1) is 5.88. The molecule has 3 fully saturated rings. The molecule has 3 nitrogen and oxygen atoms in total. The normalized spacial score (nSPS) is 39.5. The molecule has 0 amide bonds. The fourth-order valence-corrected chi connectivity index (χ4v) is 2.14. The Kier molecular flexibility index (Phi) is 1.48. The largest absolute Gasteiger partial charge is 0.358 e. The van der Waals surface area contributed by atoms with Crippen LogP contribution in [0.3, 0.4) is 0 Å². The third kappa shape index (κ3) is 1.08. The summed E-state index contributed by atoms with van der Waals surface area (Å²) < 4.78 is 5.84. The van der Waals surface area contributed by atoms with Gasteiger partial charge in [-0.2, -0.15) is 0 Å². The maximum absolute atomic E-state index is 5.84. The number of hydrogen-bond acceptors (Lipinski definition) is 3. The fraction of sp³-hybridized carbons (Fsp3) is 1.00. The zero-order chi connectivity index (χ0) is 8.02. The molecule has 1 atom stereocenters. The van der Waals surface area contributed by atoms with Crippen LogP contribution in [0.2, 0.25) is 0 Å². The van der Waals surface area contributed by atoms with Crippen molar-refractivity contribution in [2.45, 2.75) is 18.6 Å². The van der Waals surface area contributed by atoms with Crippen molar-refractivity contribution in [3.63, 3.8) is 0 Å². The van der Waals surface area contributed by atoms with Gasteiger partial charge in [0.15, 0.2) is 0 Å². The van der Waals surface area contributed by atoms with Crippen molar-refractivity contribution in [3.05, 3.63) is 0 Å². The van der Waals surface area contributed by atoms with E-state index in [1.807, 2.05) is 0 Å². The molecule has 2 heterocycles. The van der Waals surface area contributed by atoms with Crippen molar-refractivity contribution in [1.82, 2.24) is 10.6 Å². The van der Waals surface area contributed by atoms with Crippen LogP contribution in [0.25, 0.3) is 0 Å². The molecule has 3 heteroatoms. The van der Waals surface area contributed by atoms with Gasteiger partial charge < -0.3 is 10.1 Å². The predicted molar refractivity (Wildman–Crippen MR) is 45.8 cm³/mol. The Hall–Kier alpha value is -0.120. The van der Waals surface area contributed by atoms with Gasteiger partial charge in [-0.1, -0.05) is 0 Å². The van der Waals surface area contributed by atoms with E-state index in [0.717, 1.165) is 31.5 Å². The summed E-state index contributed by atoms with van der Waals surface area (Å²) in [7, 11) is 0. The van der Waals surface area contributed by atoms with Crippen LogP contribution >= 0.6 is 0 Å². The van der Waals surface area contributed by atoms with Gasteiger partial charge in [-0.3, -0.25) is 5.32 Å². The number of rotatable bonds is 1. The average molecular weight is 168 g/mol. The second kappa shape index (κ2) is 2.44. The highest BCUT2D eigenvalue weighted by Gasteiger charge is 2.44. The van der Waals surface area contributed by atoms with E-state index in [9.17, 15) is 0 Å². The Bertz CT molecular complexity index is 177. The van der Waals surface area contributed by atoms with Gasteiger partial charge in [0.2, 0.25) is 0 Å². The summed E-state index contributed by atoms with van der Waals surface area (Å²) in [6, 6.07) is 0. The van der Waals surface area contributed by atoms with Crippen LogP contribution in [-0.4, -0.2) is 32.0 Å². The van der Waals surface area contributed by atoms with Gasteiger partial charge in [0, 0.05) is 19.6 Å². The van der Waals surface area contributed by atoms with Gasteiger partial charge in [-0.15, -0.1) is 0 Å². The topological polar surface area (TPSA) is 33.3 Å². The fourth-order valence-electron chi connectivity index (χ4n) is 2.14. The van der Waals surface area contributed by atoms with Crippen LogP contribution in [0.1, 0.15) is 12.8 Å². The van der Waals surface area contributed by atoms with Gasteiger partial charge in [-0.05, 0) is 24.7 Å². The monoisotopic (exact) mass is 168 g/mol. The maximum Gasteiger partial charge on any atom is 0.144 e. The lowest BCUT2D eigenvalue weighted by Gasteiger charge is -2.47. The summed E-state index contributed by atoms with van der Waals surface area (Å²) in [6.07, 6.45) is 2.86. The minimum absolute atomic E-state index is 0.0331. The molecule has 68 valence electrons. The van der Waals surface area contributed by atoms with E-state index in [1.165, 1.54) is 19.4 Å². The van der Waals surface area contributed by atoms with E-state index in [1.54, 1.807) is 0 Å². The second-order valence-electron chi connectivity index (χ2n) is 4.39. The molecule has 1 aliphatic carbocycles. The van der Waals surface area contributed by atoms with Gasteiger partial charge in [-0.25, -0.2) is 0 Å². The highest BCUT2D eigenvalue weighted by molar-refractivity contribution is 4.97. The minimum atomic E-state index is 0.0331. The van der Waals surface area contributed by atoms with Gasteiger partial charge in [0.1, 0.15) is 5.72 Å². The molecule has 0 bridgehead atoms. The quantitative estimate of drug-likeness (QED) is 0.575. The molecular formula is C9H16N2O. The first kappa shape index (κ1) is 7.30. The molecular weight excluding hydrogens is 152 g/mol. The van der Waals surface area contributed by atoms with Crippen molar-refractivity contribution in [1.29, 1.82) is 0 Å². The number of hydrogen-bond donors (Lipinski definition) is 2. The van der Waals surface area contributed by atoms with E-state index >= 15 is 0 Å². The molecule has 0 aromatic rings. The summed E-state index contributed by atoms with van der Waals surface area (Å²) in [5.41, 5.74) is 0.0331. The summed E-state index contributed by atoms with van der Waals surface area (Å²) in [5.74, 6) is 1.78. The van der Waals surface area contributed by atoms with Crippen LogP contribution in [0.15, 0.2) is 0 Å². The lowest BCUT2D eigenvalue weighted by Crippen LogP contribution is -2.72. The smallest absolute Gasteiger partial charge is 0.144 e. The standard InChI is InChI=1S/C9H16N2O/c1-2-7(1)8-3-11-9(12-4-8)5-10-6-9/h7-8,10-11H,1-6H2. The van der Waals surface area contributed by atoms with Crippen LogP contribution in [0.4, 0.5) is 0 Å². The van der Waals surface area contributed by atoms with Crippen molar-refractivity contribution >= 4 is 0 Å². The zero-order valence-corrected chi connectivity index (χ0v) is 7.31. The van der Waals surface area contributed by atoms with Gasteiger partial charge >= 0.3 is 0 Å². The number of ether oxygens (including phenoxy) is 1. The molecule has 0 aromatic heterocycles. The van der Waals surface area contributed by atoms with Crippen molar-refractivity contribution in [2.75, 3.05) is 26.2 Å². The molecule has 2 N–H and O–H groups in total. The van der Waals surface area contributed by atoms with Crippen LogP contribution in [0, 0.1) is 11.8 Å². The third-order valence-electron chi connectivity index (χ3n) is 3.37. The third-order valence-corrected chi connectivity index (χ3v) is 3.37. The highest BCUT2D eigenvalue weighted by Crippen LogP contribution is 2.38. The summed E-state index contributed by atoms with van der Waals surface area (Å²) in [5, 5.41) is 6.76. The van der Waals surface area contributed by atoms with E-state index in [0.29, 0.717) is 0 Å². The Morgan fingerprint density at radius 1 is 1.17 bits per heavy atom.